The van der Waals surface area contributed by atoms with Crippen LogP contribution in [0.25, 0.3) is 0 Å². The van der Waals surface area contributed by atoms with E-state index in [-0.39, 0.29) is 0 Å². The summed E-state index contributed by atoms with van der Waals surface area (Å²) in [5, 5.41) is 3.19. The van der Waals surface area contributed by atoms with Crippen LogP contribution in [0.2, 0.25) is 0 Å². The Morgan fingerprint density at radius 2 is 2.08 bits per heavy atom. The maximum atomic E-state index is 3.19. The van der Waals surface area contributed by atoms with Crippen molar-refractivity contribution in [2.45, 2.75) is 13.8 Å². The van der Waals surface area contributed by atoms with E-state index < -0.39 is 0 Å². The Bertz CT molecular complexity index is 311. The lowest BCUT2D eigenvalue weighted by Gasteiger charge is -2.00. The Kier molecular flexibility index (Phi) is 3.83. The van der Waals surface area contributed by atoms with Crippen LogP contribution in [-0.2, 0) is 0 Å². The van der Waals surface area contributed by atoms with Crippen LogP contribution in [-0.4, -0.2) is 0 Å². The van der Waals surface area contributed by atoms with Gasteiger partial charge in [0.15, 0.2) is 0 Å². The molecule has 0 unspecified atom stereocenters. The summed E-state index contributed by atoms with van der Waals surface area (Å²) in [6.45, 7) is 4.08. The zero-order valence-electron chi connectivity index (χ0n) is 8.12. The average molecular weight is 173 g/mol. The minimum atomic E-state index is 1.13. The lowest BCUT2D eigenvalue weighted by molar-refractivity contribution is 1.45. The molecule has 0 aliphatic heterocycles. The number of rotatable bonds is 3. The van der Waals surface area contributed by atoms with Crippen LogP contribution in [0.4, 0.5) is 5.69 Å². The summed E-state index contributed by atoms with van der Waals surface area (Å²) >= 11 is 0. The first kappa shape index (κ1) is 9.59. The predicted molar refractivity (Wildman–Crippen MR) is 58.8 cm³/mol. The summed E-state index contributed by atoms with van der Waals surface area (Å²) in [6, 6.07) is 8.29. The minimum absolute atomic E-state index is 1.13. The fourth-order valence-corrected chi connectivity index (χ4v) is 1.05. The average Bonchev–Trinajstić information content (AvgIpc) is 2.13. The second kappa shape index (κ2) is 5.20. The third-order valence-corrected chi connectivity index (χ3v) is 1.67. The molecular weight excluding hydrogens is 158 g/mol. The van der Waals surface area contributed by atoms with Crippen LogP contribution < -0.4 is 5.32 Å². The minimum Gasteiger partial charge on any atom is -0.362 e. The molecule has 0 heterocycles. The molecule has 0 aliphatic carbocycles. The van der Waals surface area contributed by atoms with E-state index in [1.807, 2.05) is 43.5 Å². The van der Waals surface area contributed by atoms with Gasteiger partial charge in [-0.05, 0) is 37.6 Å². The smallest absolute Gasteiger partial charge is 0.0382 e. The largest absolute Gasteiger partial charge is 0.362 e. The Balaban J connectivity index is 2.54. The van der Waals surface area contributed by atoms with Crippen molar-refractivity contribution in [1.82, 2.24) is 0 Å². The predicted octanol–water partition coefficient (Wildman–Crippen LogP) is 3.50. The molecular formula is C12H15N. The van der Waals surface area contributed by atoms with Crippen molar-refractivity contribution in [2.75, 3.05) is 5.32 Å². The van der Waals surface area contributed by atoms with Crippen LogP contribution in [0.3, 0.4) is 0 Å². The number of allylic oxidation sites excluding steroid dienone is 3. The number of aryl methyl sites for hydroxylation is 1. The maximum Gasteiger partial charge on any atom is 0.0382 e. The Morgan fingerprint density at radius 3 is 2.77 bits per heavy atom. The molecule has 0 aliphatic rings. The van der Waals surface area contributed by atoms with E-state index in [2.05, 4.69) is 24.4 Å². The number of nitrogens with one attached hydrogen (secondary N) is 1. The van der Waals surface area contributed by atoms with E-state index in [4.69, 9.17) is 0 Å². The molecule has 1 N–H and O–H groups in total. The van der Waals surface area contributed by atoms with Crippen LogP contribution in [0.15, 0.2) is 48.7 Å². The molecule has 0 radical (unpaired) electrons. The molecule has 0 atom stereocenters. The summed E-state index contributed by atoms with van der Waals surface area (Å²) in [5.74, 6) is 0. The van der Waals surface area contributed by atoms with Gasteiger partial charge in [-0.15, -0.1) is 0 Å². The standard InChI is InChI=1S/C12H15N/c1-3-4-5-9-13-12-8-6-7-11(2)10-12/h3-10,13H,1-2H3/b4-3+,9-5+. The van der Waals surface area contributed by atoms with E-state index in [1.165, 1.54) is 5.56 Å². The third-order valence-electron chi connectivity index (χ3n) is 1.67. The summed E-state index contributed by atoms with van der Waals surface area (Å²) in [6.07, 6.45) is 7.88. The third kappa shape index (κ3) is 3.61. The van der Waals surface area contributed by atoms with Crippen molar-refractivity contribution >= 4 is 5.69 Å². The number of hydrogen-bond donors (Lipinski definition) is 1. The SMILES string of the molecule is C/C=C/C=C/Nc1cccc(C)c1. The molecule has 1 rings (SSSR count). The van der Waals surface area contributed by atoms with Gasteiger partial charge >= 0.3 is 0 Å². The zero-order chi connectivity index (χ0) is 9.52. The van der Waals surface area contributed by atoms with Crippen LogP contribution in [0, 0.1) is 6.92 Å². The monoisotopic (exact) mass is 173 g/mol. The van der Waals surface area contributed by atoms with Gasteiger partial charge in [-0.1, -0.05) is 24.3 Å². The number of hydrogen-bond acceptors (Lipinski definition) is 1. The van der Waals surface area contributed by atoms with Gasteiger partial charge in [-0.25, -0.2) is 0 Å². The molecule has 0 saturated heterocycles. The highest BCUT2D eigenvalue weighted by Gasteiger charge is 1.86. The number of benzene rings is 1. The van der Waals surface area contributed by atoms with Crippen molar-refractivity contribution in [2.24, 2.45) is 0 Å². The molecule has 0 amide bonds. The highest BCUT2D eigenvalue weighted by Crippen LogP contribution is 2.08. The summed E-state index contributed by atoms with van der Waals surface area (Å²) < 4.78 is 0. The molecule has 1 aromatic rings. The lowest BCUT2D eigenvalue weighted by atomic mass is 10.2. The fourth-order valence-electron chi connectivity index (χ4n) is 1.05. The highest BCUT2D eigenvalue weighted by molar-refractivity contribution is 5.47. The number of anilines is 1. The molecule has 0 fully saturated rings. The molecule has 1 aromatic carbocycles. The van der Waals surface area contributed by atoms with Crippen molar-refractivity contribution in [1.29, 1.82) is 0 Å². The Morgan fingerprint density at radius 1 is 1.23 bits per heavy atom. The maximum absolute atomic E-state index is 3.19. The van der Waals surface area contributed by atoms with E-state index >= 15 is 0 Å². The van der Waals surface area contributed by atoms with Crippen molar-refractivity contribution in [3.63, 3.8) is 0 Å². The van der Waals surface area contributed by atoms with Crippen molar-refractivity contribution < 1.29 is 0 Å². The van der Waals surface area contributed by atoms with Gasteiger partial charge in [0, 0.05) is 11.9 Å². The first-order chi connectivity index (χ1) is 6.33. The highest BCUT2D eigenvalue weighted by atomic mass is 14.8. The van der Waals surface area contributed by atoms with Crippen molar-refractivity contribution in [3.8, 4) is 0 Å². The normalized spacial score (nSPS) is 11.2. The Labute approximate surface area is 79.8 Å². The molecule has 13 heavy (non-hydrogen) atoms. The van der Waals surface area contributed by atoms with Crippen LogP contribution in [0.1, 0.15) is 12.5 Å². The summed E-state index contributed by atoms with van der Waals surface area (Å²) in [5.41, 5.74) is 2.39. The van der Waals surface area contributed by atoms with Gasteiger partial charge in [0.05, 0.1) is 0 Å². The van der Waals surface area contributed by atoms with Crippen molar-refractivity contribution in [3.05, 3.63) is 54.3 Å². The molecule has 0 bridgehead atoms. The first-order valence-electron chi connectivity index (χ1n) is 4.44. The van der Waals surface area contributed by atoms with Gasteiger partial charge < -0.3 is 5.32 Å². The fraction of sp³-hybridized carbons (Fsp3) is 0.167. The van der Waals surface area contributed by atoms with Gasteiger partial charge in [-0.2, -0.15) is 0 Å². The summed E-state index contributed by atoms with van der Waals surface area (Å²) in [4.78, 5) is 0. The van der Waals surface area contributed by atoms with E-state index in [0.29, 0.717) is 0 Å². The van der Waals surface area contributed by atoms with Crippen LogP contribution in [0.5, 0.6) is 0 Å². The van der Waals surface area contributed by atoms with Gasteiger partial charge in [0.1, 0.15) is 0 Å². The van der Waals surface area contributed by atoms with Gasteiger partial charge in [-0.3, -0.25) is 0 Å². The second-order valence-corrected chi connectivity index (χ2v) is 2.90. The molecule has 1 nitrogen and oxygen atoms in total. The van der Waals surface area contributed by atoms with E-state index in [0.717, 1.165) is 5.69 Å². The quantitative estimate of drug-likeness (QED) is 0.690. The second-order valence-electron chi connectivity index (χ2n) is 2.90. The zero-order valence-corrected chi connectivity index (χ0v) is 8.12. The molecule has 1 heteroatoms. The van der Waals surface area contributed by atoms with Crippen LogP contribution >= 0.6 is 0 Å². The summed E-state index contributed by atoms with van der Waals surface area (Å²) in [7, 11) is 0. The topological polar surface area (TPSA) is 12.0 Å². The first-order valence-corrected chi connectivity index (χ1v) is 4.44. The van der Waals surface area contributed by atoms with Gasteiger partial charge in [0.2, 0.25) is 0 Å². The molecule has 0 aromatic heterocycles. The van der Waals surface area contributed by atoms with E-state index in [9.17, 15) is 0 Å². The molecule has 0 spiro atoms. The lowest BCUT2D eigenvalue weighted by Crippen LogP contribution is -1.86. The van der Waals surface area contributed by atoms with Gasteiger partial charge in [0.25, 0.3) is 0 Å². The Hall–Kier alpha value is -1.50. The van der Waals surface area contributed by atoms with E-state index in [1.54, 1.807) is 0 Å². The molecule has 0 saturated carbocycles. The molecule has 68 valence electrons.